The van der Waals surface area contributed by atoms with Gasteiger partial charge in [-0.1, -0.05) is 0 Å². The van der Waals surface area contributed by atoms with E-state index in [0.29, 0.717) is 29.7 Å². The first-order valence-corrected chi connectivity index (χ1v) is 6.29. The smallest absolute Gasteiger partial charge is 0.261 e. The minimum Gasteiger partial charge on any atom is -0.506 e. The fraction of sp³-hybridized carbons (Fsp3) is 0.286. The SMILES string of the molecule is Nc1cc(N2C(=O)C3=C(CCCC3)C2=O)ccc1O. The Labute approximate surface area is 110 Å². The Hall–Kier alpha value is -2.30. The Morgan fingerprint density at radius 2 is 1.63 bits per heavy atom. The van der Waals surface area contributed by atoms with Crippen molar-refractivity contribution < 1.29 is 14.7 Å². The molecule has 0 fully saturated rings. The van der Waals surface area contributed by atoms with Gasteiger partial charge in [0.15, 0.2) is 0 Å². The van der Waals surface area contributed by atoms with Crippen molar-refractivity contribution >= 4 is 23.2 Å². The van der Waals surface area contributed by atoms with Crippen molar-refractivity contribution in [3.63, 3.8) is 0 Å². The van der Waals surface area contributed by atoms with Gasteiger partial charge in [-0.05, 0) is 43.9 Å². The van der Waals surface area contributed by atoms with Crippen LogP contribution in [-0.2, 0) is 9.59 Å². The summed E-state index contributed by atoms with van der Waals surface area (Å²) >= 11 is 0. The third-order valence-corrected chi connectivity index (χ3v) is 3.66. The second kappa shape index (κ2) is 4.12. The van der Waals surface area contributed by atoms with Gasteiger partial charge in [-0.25, -0.2) is 4.90 Å². The second-order valence-corrected chi connectivity index (χ2v) is 4.85. The van der Waals surface area contributed by atoms with E-state index in [1.807, 2.05) is 0 Å². The van der Waals surface area contributed by atoms with Crippen LogP contribution in [0.2, 0.25) is 0 Å². The van der Waals surface area contributed by atoms with E-state index in [1.54, 1.807) is 0 Å². The van der Waals surface area contributed by atoms with Gasteiger partial charge in [0.05, 0.1) is 11.4 Å². The average Bonchev–Trinajstić information content (AvgIpc) is 2.66. The third kappa shape index (κ3) is 1.69. The Morgan fingerprint density at radius 1 is 1.05 bits per heavy atom. The van der Waals surface area contributed by atoms with E-state index in [4.69, 9.17) is 5.73 Å². The number of aromatic hydroxyl groups is 1. The van der Waals surface area contributed by atoms with E-state index in [9.17, 15) is 14.7 Å². The summed E-state index contributed by atoms with van der Waals surface area (Å²) in [5.41, 5.74) is 7.47. The summed E-state index contributed by atoms with van der Waals surface area (Å²) in [6.07, 6.45) is 3.24. The average molecular weight is 258 g/mol. The van der Waals surface area contributed by atoms with Crippen LogP contribution in [0.15, 0.2) is 29.3 Å². The number of nitrogens with zero attached hydrogens (tertiary/aromatic N) is 1. The second-order valence-electron chi connectivity index (χ2n) is 4.85. The first-order chi connectivity index (χ1) is 9.09. The third-order valence-electron chi connectivity index (χ3n) is 3.66. The molecule has 0 spiro atoms. The van der Waals surface area contributed by atoms with Gasteiger partial charge >= 0.3 is 0 Å². The molecule has 0 radical (unpaired) electrons. The number of phenols is 1. The topological polar surface area (TPSA) is 83.6 Å². The summed E-state index contributed by atoms with van der Waals surface area (Å²) in [5.74, 6) is -0.546. The molecule has 0 saturated carbocycles. The quantitative estimate of drug-likeness (QED) is 0.456. The first kappa shape index (κ1) is 11.8. The molecule has 98 valence electrons. The van der Waals surface area contributed by atoms with Gasteiger partial charge in [0.25, 0.3) is 11.8 Å². The number of hydrogen-bond acceptors (Lipinski definition) is 4. The lowest BCUT2D eigenvalue weighted by molar-refractivity contribution is -0.120. The molecule has 3 N–H and O–H groups in total. The number of hydrogen-bond donors (Lipinski definition) is 2. The maximum Gasteiger partial charge on any atom is 0.261 e. The lowest BCUT2D eigenvalue weighted by Gasteiger charge is -2.15. The van der Waals surface area contributed by atoms with Crippen LogP contribution in [0.1, 0.15) is 25.7 Å². The number of rotatable bonds is 1. The number of benzene rings is 1. The van der Waals surface area contributed by atoms with Crippen molar-refractivity contribution in [1.29, 1.82) is 0 Å². The number of carbonyl (C=O) groups is 2. The molecule has 1 aliphatic carbocycles. The molecule has 5 nitrogen and oxygen atoms in total. The number of carbonyl (C=O) groups excluding carboxylic acids is 2. The first-order valence-electron chi connectivity index (χ1n) is 6.29. The Balaban J connectivity index is 2.01. The van der Waals surface area contributed by atoms with Gasteiger partial charge in [-0.2, -0.15) is 0 Å². The number of phenolic OH excluding ortho intramolecular Hbond substituents is 1. The lowest BCUT2D eigenvalue weighted by Crippen LogP contribution is -2.31. The zero-order chi connectivity index (χ0) is 13.6. The molecule has 5 heteroatoms. The molecular formula is C14H14N2O3. The highest BCUT2D eigenvalue weighted by Gasteiger charge is 2.39. The molecule has 2 amide bonds. The highest BCUT2D eigenvalue weighted by Crippen LogP contribution is 2.37. The standard InChI is InChI=1S/C14H14N2O3/c15-11-7-8(5-6-12(11)17)16-13(18)9-3-1-2-4-10(9)14(16)19/h5-7,17H,1-4,15H2. The normalized spacial score (nSPS) is 19.1. The zero-order valence-electron chi connectivity index (χ0n) is 10.3. The van der Waals surface area contributed by atoms with E-state index < -0.39 is 0 Å². The van der Waals surface area contributed by atoms with E-state index in [-0.39, 0.29) is 23.3 Å². The Bertz CT molecular complexity index is 591. The minimum absolute atomic E-state index is 0.0550. The van der Waals surface area contributed by atoms with Crippen molar-refractivity contribution in [2.45, 2.75) is 25.7 Å². The lowest BCUT2D eigenvalue weighted by atomic mass is 9.93. The maximum absolute atomic E-state index is 12.3. The molecule has 2 aliphatic rings. The summed E-state index contributed by atoms with van der Waals surface area (Å²) in [6, 6.07) is 4.37. The van der Waals surface area contributed by atoms with Crippen LogP contribution < -0.4 is 10.6 Å². The molecule has 3 rings (SSSR count). The molecule has 0 atom stereocenters. The summed E-state index contributed by atoms with van der Waals surface area (Å²) in [6.45, 7) is 0. The van der Waals surface area contributed by atoms with Crippen molar-refractivity contribution in [1.82, 2.24) is 0 Å². The van der Waals surface area contributed by atoms with Crippen LogP contribution in [0, 0.1) is 0 Å². The molecule has 0 unspecified atom stereocenters. The largest absolute Gasteiger partial charge is 0.506 e. The van der Waals surface area contributed by atoms with Gasteiger partial charge in [0, 0.05) is 11.1 Å². The molecule has 1 aliphatic heterocycles. The molecule has 0 bridgehead atoms. The van der Waals surface area contributed by atoms with Crippen LogP contribution in [-0.4, -0.2) is 16.9 Å². The van der Waals surface area contributed by atoms with Crippen LogP contribution in [0.25, 0.3) is 0 Å². The van der Waals surface area contributed by atoms with E-state index >= 15 is 0 Å². The summed E-state index contributed by atoms with van der Waals surface area (Å²) < 4.78 is 0. The van der Waals surface area contributed by atoms with Crippen LogP contribution in [0.3, 0.4) is 0 Å². The van der Waals surface area contributed by atoms with Gasteiger partial charge < -0.3 is 10.8 Å². The van der Waals surface area contributed by atoms with Gasteiger partial charge in [-0.15, -0.1) is 0 Å². The highest BCUT2D eigenvalue weighted by molar-refractivity contribution is 6.33. The van der Waals surface area contributed by atoms with Crippen molar-refractivity contribution in [2.75, 3.05) is 10.6 Å². The zero-order valence-corrected chi connectivity index (χ0v) is 10.3. The monoisotopic (exact) mass is 258 g/mol. The number of imide groups is 1. The predicted octanol–water partition coefficient (Wildman–Crippen LogP) is 1.72. The summed E-state index contributed by atoms with van der Waals surface area (Å²) in [7, 11) is 0. The highest BCUT2D eigenvalue weighted by atomic mass is 16.3. The van der Waals surface area contributed by atoms with Gasteiger partial charge in [0.2, 0.25) is 0 Å². The molecule has 1 aromatic carbocycles. The summed E-state index contributed by atoms with van der Waals surface area (Å²) in [5, 5.41) is 9.40. The minimum atomic E-state index is -0.246. The van der Waals surface area contributed by atoms with E-state index in [0.717, 1.165) is 17.7 Å². The van der Waals surface area contributed by atoms with Crippen molar-refractivity contribution in [3.05, 3.63) is 29.3 Å². The molecule has 19 heavy (non-hydrogen) atoms. The fourth-order valence-electron chi connectivity index (χ4n) is 2.66. The predicted molar refractivity (Wildman–Crippen MR) is 70.5 cm³/mol. The summed E-state index contributed by atoms with van der Waals surface area (Å²) in [4.78, 5) is 25.7. The maximum atomic E-state index is 12.3. The van der Waals surface area contributed by atoms with Crippen LogP contribution >= 0.6 is 0 Å². The van der Waals surface area contributed by atoms with Crippen LogP contribution in [0.5, 0.6) is 5.75 Å². The van der Waals surface area contributed by atoms with Gasteiger partial charge in [-0.3, -0.25) is 9.59 Å². The molecule has 1 heterocycles. The molecule has 0 saturated heterocycles. The Kier molecular flexibility index (Phi) is 2.55. The van der Waals surface area contributed by atoms with E-state index in [2.05, 4.69) is 0 Å². The molecule has 0 aromatic heterocycles. The molecular weight excluding hydrogens is 244 g/mol. The number of nitrogen functional groups attached to an aromatic ring is 1. The van der Waals surface area contributed by atoms with Crippen molar-refractivity contribution in [2.24, 2.45) is 0 Å². The van der Waals surface area contributed by atoms with Crippen LogP contribution in [0.4, 0.5) is 11.4 Å². The number of amides is 2. The fourth-order valence-corrected chi connectivity index (χ4v) is 2.66. The van der Waals surface area contributed by atoms with Gasteiger partial charge in [0.1, 0.15) is 5.75 Å². The van der Waals surface area contributed by atoms with Crippen molar-refractivity contribution in [3.8, 4) is 5.75 Å². The van der Waals surface area contributed by atoms with E-state index in [1.165, 1.54) is 18.2 Å². The number of nitrogens with two attached hydrogens (primary N) is 1. The Morgan fingerprint density at radius 3 is 2.16 bits per heavy atom. The number of anilines is 2. The molecule has 1 aromatic rings.